The number of nitrogen functional groups attached to an aromatic ring is 1. The summed E-state index contributed by atoms with van der Waals surface area (Å²) >= 11 is 0. The SMILES string of the molecule is COC(C)(C)c1ccccc1-c1cc(N)on1. The highest BCUT2D eigenvalue weighted by Crippen LogP contribution is 2.33. The van der Waals surface area contributed by atoms with Gasteiger partial charge in [-0.3, -0.25) is 0 Å². The van der Waals surface area contributed by atoms with Crippen molar-refractivity contribution in [1.82, 2.24) is 5.16 Å². The molecule has 0 fully saturated rings. The van der Waals surface area contributed by atoms with E-state index >= 15 is 0 Å². The van der Waals surface area contributed by atoms with Crippen LogP contribution >= 0.6 is 0 Å². The zero-order chi connectivity index (χ0) is 12.5. The molecule has 0 aliphatic carbocycles. The van der Waals surface area contributed by atoms with Crippen molar-refractivity contribution in [2.24, 2.45) is 0 Å². The molecule has 4 nitrogen and oxygen atoms in total. The van der Waals surface area contributed by atoms with Gasteiger partial charge in [0.15, 0.2) is 0 Å². The first-order valence-corrected chi connectivity index (χ1v) is 5.42. The molecule has 2 N–H and O–H groups in total. The van der Waals surface area contributed by atoms with Crippen molar-refractivity contribution in [2.45, 2.75) is 19.4 Å². The molecular formula is C13H16N2O2. The first-order valence-electron chi connectivity index (χ1n) is 5.42. The Morgan fingerprint density at radius 3 is 2.59 bits per heavy atom. The Hall–Kier alpha value is -1.81. The number of aromatic nitrogens is 1. The van der Waals surface area contributed by atoms with E-state index in [0.29, 0.717) is 5.88 Å². The Morgan fingerprint density at radius 2 is 2.00 bits per heavy atom. The minimum absolute atomic E-state index is 0.310. The summed E-state index contributed by atoms with van der Waals surface area (Å²) in [5.74, 6) is 0.310. The largest absolute Gasteiger partial charge is 0.374 e. The molecule has 0 amide bonds. The van der Waals surface area contributed by atoms with E-state index in [4.69, 9.17) is 15.0 Å². The summed E-state index contributed by atoms with van der Waals surface area (Å²) in [5, 5.41) is 3.94. The number of hydrogen-bond acceptors (Lipinski definition) is 4. The highest BCUT2D eigenvalue weighted by atomic mass is 16.5. The van der Waals surface area contributed by atoms with Crippen LogP contribution in [0, 0.1) is 0 Å². The standard InChI is InChI=1S/C13H16N2O2/c1-13(2,16-3)10-7-5-4-6-9(10)11-8-12(14)17-15-11/h4-8H,14H2,1-3H3. The molecule has 0 saturated carbocycles. The molecule has 0 unspecified atom stereocenters. The highest BCUT2D eigenvalue weighted by Gasteiger charge is 2.24. The Bertz CT molecular complexity index is 518. The fourth-order valence-electron chi connectivity index (χ4n) is 1.76. The Balaban J connectivity index is 2.55. The summed E-state index contributed by atoms with van der Waals surface area (Å²) in [5.41, 5.74) is 7.91. The third-order valence-corrected chi connectivity index (χ3v) is 2.89. The maximum atomic E-state index is 5.55. The van der Waals surface area contributed by atoms with Crippen molar-refractivity contribution in [2.75, 3.05) is 12.8 Å². The van der Waals surface area contributed by atoms with Crippen molar-refractivity contribution in [3.63, 3.8) is 0 Å². The van der Waals surface area contributed by atoms with Gasteiger partial charge in [0.25, 0.3) is 0 Å². The summed E-state index contributed by atoms with van der Waals surface area (Å²) in [6.45, 7) is 4.02. The van der Waals surface area contributed by atoms with E-state index in [1.165, 1.54) is 0 Å². The van der Waals surface area contributed by atoms with Crippen LogP contribution in [-0.2, 0) is 10.3 Å². The van der Waals surface area contributed by atoms with Gasteiger partial charge in [-0.05, 0) is 19.4 Å². The number of ether oxygens (including phenoxy) is 1. The molecule has 90 valence electrons. The molecule has 2 aromatic rings. The van der Waals surface area contributed by atoms with Gasteiger partial charge in [0.2, 0.25) is 5.88 Å². The molecule has 0 radical (unpaired) electrons. The van der Waals surface area contributed by atoms with Crippen LogP contribution in [0.15, 0.2) is 34.9 Å². The third-order valence-electron chi connectivity index (χ3n) is 2.89. The predicted molar refractivity (Wildman–Crippen MR) is 66.4 cm³/mol. The number of benzene rings is 1. The molecule has 0 aliphatic rings. The molecule has 0 atom stereocenters. The van der Waals surface area contributed by atoms with Gasteiger partial charge in [-0.1, -0.05) is 29.4 Å². The molecule has 0 bridgehead atoms. The molecular weight excluding hydrogens is 216 g/mol. The van der Waals surface area contributed by atoms with Crippen LogP contribution in [0.5, 0.6) is 0 Å². The monoisotopic (exact) mass is 232 g/mol. The second-order valence-corrected chi connectivity index (χ2v) is 4.37. The molecule has 1 aromatic heterocycles. The van der Waals surface area contributed by atoms with Gasteiger partial charge >= 0.3 is 0 Å². The van der Waals surface area contributed by atoms with E-state index in [1.54, 1.807) is 13.2 Å². The van der Waals surface area contributed by atoms with Crippen molar-refractivity contribution >= 4 is 5.88 Å². The summed E-state index contributed by atoms with van der Waals surface area (Å²) in [4.78, 5) is 0. The molecule has 17 heavy (non-hydrogen) atoms. The van der Waals surface area contributed by atoms with E-state index < -0.39 is 0 Å². The first kappa shape index (κ1) is 11.7. The van der Waals surface area contributed by atoms with Crippen LogP contribution < -0.4 is 5.73 Å². The molecule has 0 saturated heterocycles. The van der Waals surface area contributed by atoms with Crippen LogP contribution in [0.4, 0.5) is 5.88 Å². The number of anilines is 1. The van der Waals surface area contributed by atoms with Crippen LogP contribution in [0.25, 0.3) is 11.3 Å². The fraction of sp³-hybridized carbons (Fsp3) is 0.308. The average molecular weight is 232 g/mol. The number of methoxy groups -OCH3 is 1. The van der Waals surface area contributed by atoms with E-state index in [2.05, 4.69) is 5.16 Å². The van der Waals surface area contributed by atoms with Crippen molar-refractivity contribution in [3.8, 4) is 11.3 Å². The molecule has 1 aromatic carbocycles. The highest BCUT2D eigenvalue weighted by molar-refractivity contribution is 5.66. The molecule has 0 spiro atoms. The Labute approximate surface area is 100 Å². The van der Waals surface area contributed by atoms with Crippen LogP contribution in [0.1, 0.15) is 19.4 Å². The zero-order valence-corrected chi connectivity index (χ0v) is 10.2. The van der Waals surface area contributed by atoms with Gasteiger partial charge in [0.05, 0.1) is 5.60 Å². The number of hydrogen-bond donors (Lipinski definition) is 1. The second-order valence-electron chi connectivity index (χ2n) is 4.37. The normalized spacial score (nSPS) is 11.7. The summed E-state index contributed by atoms with van der Waals surface area (Å²) in [7, 11) is 1.69. The third kappa shape index (κ3) is 2.17. The lowest BCUT2D eigenvalue weighted by Gasteiger charge is -2.25. The summed E-state index contributed by atoms with van der Waals surface area (Å²) < 4.78 is 10.4. The summed E-state index contributed by atoms with van der Waals surface area (Å²) in [6.07, 6.45) is 0. The lowest BCUT2D eigenvalue weighted by atomic mass is 9.91. The van der Waals surface area contributed by atoms with Crippen LogP contribution in [-0.4, -0.2) is 12.3 Å². The fourth-order valence-corrected chi connectivity index (χ4v) is 1.76. The van der Waals surface area contributed by atoms with Crippen molar-refractivity contribution in [3.05, 3.63) is 35.9 Å². The minimum Gasteiger partial charge on any atom is -0.374 e. The van der Waals surface area contributed by atoms with Gasteiger partial charge in [-0.15, -0.1) is 0 Å². The Morgan fingerprint density at radius 1 is 1.29 bits per heavy atom. The maximum Gasteiger partial charge on any atom is 0.222 e. The molecule has 2 rings (SSSR count). The predicted octanol–water partition coefficient (Wildman–Crippen LogP) is 2.81. The number of nitrogens with two attached hydrogens (primary N) is 1. The maximum absolute atomic E-state index is 5.55. The van der Waals surface area contributed by atoms with Crippen molar-refractivity contribution in [1.29, 1.82) is 0 Å². The van der Waals surface area contributed by atoms with E-state index in [9.17, 15) is 0 Å². The van der Waals surface area contributed by atoms with Crippen LogP contribution in [0.3, 0.4) is 0 Å². The quantitative estimate of drug-likeness (QED) is 0.883. The van der Waals surface area contributed by atoms with E-state index in [-0.39, 0.29) is 5.60 Å². The molecule has 4 heteroatoms. The van der Waals surface area contributed by atoms with Gasteiger partial charge in [-0.25, -0.2) is 0 Å². The number of nitrogens with zero attached hydrogens (tertiary/aromatic N) is 1. The number of rotatable bonds is 3. The first-order chi connectivity index (χ1) is 8.04. The summed E-state index contributed by atoms with van der Waals surface area (Å²) in [6, 6.07) is 9.64. The van der Waals surface area contributed by atoms with Crippen molar-refractivity contribution < 1.29 is 9.26 Å². The van der Waals surface area contributed by atoms with Gasteiger partial charge < -0.3 is 15.0 Å². The van der Waals surface area contributed by atoms with Gasteiger partial charge in [0.1, 0.15) is 5.69 Å². The smallest absolute Gasteiger partial charge is 0.222 e. The molecule has 0 aliphatic heterocycles. The zero-order valence-electron chi connectivity index (χ0n) is 10.2. The van der Waals surface area contributed by atoms with E-state index in [0.717, 1.165) is 16.8 Å². The van der Waals surface area contributed by atoms with Gasteiger partial charge in [-0.2, -0.15) is 0 Å². The average Bonchev–Trinajstić information content (AvgIpc) is 2.76. The minimum atomic E-state index is -0.385. The van der Waals surface area contributed by atoms with Gasteiger partial charge in [0, 0.05) is 18.7 Å². The second kappa shape index (κ2) is 4.22. The molecule has 1 heterocycles. The Kier molecular flexibility index (Phi) is 2.90. The lowest BCUT2D eigenvalue weighted by molar-refractivity contribution is 0.0197. The van der Waals surface area contributed by atoms with Crippen LogP contribution in [0.2, 0.25) is 0 Å². The topological polar surface area (TPSA) is 61.3 Å². The lowest BCUT2D eigenvalue weighted by Crippen LogP contribution is -2.20. The van der Waals surface area contributed by atoms with E-state index in [1.807, 2.05) is 38.1 Å².